The predicted octanol–water partition coefficient (Wildman–Crippen LogP) is 0.932. The largest absolute Gasteiger partial charge is 0.326 e. The first-order valence-corrected chi connectivity index (χ1v) is 7.56. The molecule has 1 aromatic rings. The van der Waals surface area contributed by atoms with Crippen LogP contribution in [0.4, 0.5) is 0 Å². The monoisotopic (exact) mass is 303 g/mol. The molecule has 1 atom stereocenters. The quantitative estimate of drug-likeness (QED) is 0.795. The summed E-state index contributed by atoms with van der Waals surface area (Å²) >= 11 is 0. The molecule has 2 aliphatic heterocycles. The van der Waals surface area contributed by atoms with Crippen molar-refractivity contribution in [2.75, 3.05) is 0 Å². The van der Waals surface area contributed by atoms with E-state index in [-0.39, 0.29) is 24.1 Å². The molecule has 0 radical (unpaired) electrons. The summed E-state index contributed by atoms with van der Waals surface area (Å²) in [5.74, 6) is -0.819. The minimum atomic E-state index is -0.561. The first kappa shape index (κ1) is 16.2. The van der Waals surface area contributed by atoms with Crippen LogP contribution < -0.4 is 11.1 Å². The molecule has 1 saturated heterocycles. The second-order valence-corrected chi connectivity index (χ2v) is 5.10. The molecule has 3 rings (SSSR count). The number of fused-ring (bicyclic) bond motifs is 1. The van der Waals surface area contributed by atoms with E-state index in [9.17, 15) is 14.4 Å². The number of nitrogens with one attached hydrogen (secondary N) is 1. The molecule has 0 aromatic heterocycles. The zero-order valence-electron chi connectivity index (χ0n) is 12.9. The highest BCUT2D eigenvalue weighted by atomic mass is 16.2. The van der Waals surface area contributed by atoms with E-state index in [1.54, 1.807) is 6.07 Å². The molecule has 2 aliphatic rings. The first-order chi connectivity index (χ1) is 10.6. The summed E-state index contributed by atoms with van der Waals surface area (Å²) in [7, 11) is 0. The Bertz CT molecular complexity index is 613. The van der Waals surface area contributed by atoms with E-state index in [1.165, 1.54) is 4.90 Å². The van der Waals surface area contributed by atoms with Gasteiger partial charge in [0.2, 0.25) is 11.8 Å². The topological polar surface area (TPSA) is 92.5 Å². The average Bonchev–Trinajstić information content (AvgIpc) is 2.85. The van der Waals surface area contributed by atoms with Crippen molar-refractivity contribution in [1.82, 2.24) is 10.2 Å². The van der Waals surface area contributed by atoms with Gasteiger partial charge in [-0.15, -0.1) is 0 Å². The number of hydrogen-bond acceptors (Lipinski definition) is 4. The van der Waals surface area contributed by atoms with Gasteiger partial charge in [-0.2, -0.15) is 0 Å². The standard InChI is InChI=1S/C14H15N3O3.C2H6/c15-6-8-1-2-10-9(5-8)7-17(14(10)20)11-3-4-12(18)16-13(11)19;1-2/h1-2,5,11H,3-4,6-7,15H2,(H,16,18,19);1-2H3. The number of piperidine rings is 1. The Morgan fingerprint density at radius 1 is 1.27 bits per heavy atom. The van der Waals surface area contributed by atoms with Gasteiger partial charge in [0.1, 0.15) is 6.04 Å². The summed E-state index contributed by atoms with van der Waals surface area (Å²) in [6.45, 7) is 4.81. The average molecular weight is 303 g/mol. The van der Waals surface area contributed by atoms with Crippen molar-refractivity contribution >= 4 is 17.7 Å². The number of carbonyl (C=O) groups excluding carboxylic acids is 3. The molecule has 0 spiro atoms. The highest BCUT2D eigenvalue weighted by Gasteiger charge is 2.38. The van der Waals surface area contributed by atoms with E-state index in [1.807, 2.05) is 26.0 Å². The lowest BCUT2D eigenvalue weighted by Gasteiger charge is -2.29. The fourth-order valence-electron chi connectivity index (χ4n) is 2.75. The van der Waals surface area contributed by atoms with Crippen LogP contribution in [0.25, 0.3) is 0 Å². The van der Waals surface area contributed by atoms with E-state index in [2.05, 4.69) is 5.32 Å². The van der Waals surface area contributed by atoms with E-state index in [4.69, 9.17) is 5.73 Å². The molecule has 118 valence electrons. The molecule has 0 bridgehead atoms. The summed E-state index contributed by atoms with van der Waals surface area (Å²) in [4.78, 5) is 36.9. The van der Waals surface area contributed by atoms with Gasteiger partial charge in [0.15, 0.2) is 0 Å². The predicted molar refractivity (Wildman–Crippen MR) is 81.7 cm³/mol. The van der Waals surface area contributed by atoms with Crippen molar-refractivity contribution in [3.05, 3.63) is 34.9 Å². The Morgan fingerprint density at radius 2 is 2.00 bits per heavy atom. The summed E-state index contributed by atoms with van der Waals surface area (Å²) in [6.07, 6.45) is 0.652. The van der Waals surface area contributed by atoms with E-state index in [0.717, 1.165) is 11.1 Å². The van der Waals surface area contributed by atoms with Gasteiger partial charge in [-0.3, -0.25) is 19.7 Å². The van der Waals surface area contributed by atoms with Gasteiger partial charge in [0, 0.05) is 25.1 Å². The Kier molecular flexibility index (Phi) is 4.92. The van der Waals surface area contributed by atoms with Crippen LogP contribution in [0.1, 0.15) is 48.2 Å². The van der Waals surface area contributed by atoms with Gasteiger partial charge in [0.25, 0.3) is 5.91 Å². The van der Waals surface area contributed by atoms with Gasteiger partial charge in [-0.05, 0) is 23.6 Å². The van der Waals surface area contributed by atoms with Crippen molar-refractivity contribution in [2.45, 2.75) is 45.8 Å². The maximum absolute atomic E-state index is 12.4. The molecule has 1 aromatic carbocycles. The summed E-state index contributed by atoms with van der Waals surface area (Å²) in [5, 5.41) is 2.28. The third-order valence-corrected chi connectivity index (χ3v) is 3.82. The molecule has 0 saturated carbocycles. The van der Waals surface area contributed by atoms with Crippen LogP contribution in [-0.2, 0) is 22.7 Å². The van der Waals surface area contributed by atoms with Crippen LogP contribution in [0.2, 0.25) is 0 Å². The molecule has 6 nitrogen and oxygen atoms in total. The third kappa shape index (κ3) is 2.87. The molecule has 22 heavy (non-hydrogen) atoms. The van der Waals surface area contributed by atoms with Gasteiger partial charge in [-0.25, -0.2) is 0 Å². The molecule has 0 aliphatic carbocycles. The van der Waals surface area contributed by atoms with Gasteiger partial charge < -0.3 is 10.6 Å². The van der Waals surface area contributed by atoms with Gasteiger partial charge in [0.05, 0.1) is 0 Å². The number of nitrogens with two attached hydrogens (primary N) is 1. The second kappa shape index (κ2) is 6.70. The molecule has 3 amide bonds. The summed E-state index contributed by atoms with van der Waals surface area (Å²) in [6, 6.07) is 4.92. The lowest BCUT2D eigenvalue weighted by molar-refractivity contribution is -0.136. The van der Waals surface area contributed by atoms with E-state index >= 15 is 0 Å². The van der Waals surface area contributed by atoms with Crippen LogP contribution >= 0.6 is 0 Å². The Balaban J connectivity index is 0.000000847. The maximum Gasteiger partial charge on any atom is 0.255 e. The van der Waals surface area contributed by atoms with Crippen molar-refractivity contribution in [3.63, 3.8) is 0 Å². The number of rotatable bonds is 2. The number of imide groups is 1. The second-order valence-electron chi connectivity index (χ2n) is 5.10. The number of carbonyl (C=O) groups is 3. The van der Waals surface area contributed by atoms with Crippen molar-refractivity contribution in [1.29, 1.82) is 0 Å². The maximum atomic E-state index is 12.4. The number of hydrogen-bond donors (Lipinski definition) is 2. The van der Waals surface area contributed by atoms with Crippen molar-refractivity contribution in [3.8, 4) is 0 Å². The number of nitrogens with zero attached hydrogens (tertiary/aromatic N) is 1. The molecule has 2 heterocycles. The lowest BCUT2D eigenvalue weighted by atomic mass is 10.0. The highest BCUT2D eigenvalue weighted by molar-refractivity contribution is 6.05. The van der Waals surface area contributed by atoms with E-state index < -0.39 is 6.04 Å². The minimum Gasteiger partial charge on any atom is -0.326 e. The zero-order chi connectivity index (χ0) is 16.3. The normalized spacial score (nSPS) is 20.2. The molecule has 1 unspecified atom stereocenters. The molecular formula is C16H21N3O3. The van der Waals surface area contributed by atoms with Gasteiger partial charge >= 0.3 is 0 Å². The van der Waals surface area contributed by atoms with E-state index in [0.29, 0.717) is 25.1 Å². The lowest BCUT2D eigenvalue weighted by Crippen LogP contribution is -2.52. The Morgan fingerprint density at radius 3 is 2.64 bits per heavy atom. The molecular weight excluding hydrogens is 282 g/mol. The summed E-state index contributed by atoms with van der Waals surface area (Å²) in [5.41, 5.74) is 8.06. The van der Waals surface area contributed by atoms with Gasteiger partial charge in [-0.1, -0.05) is 26.0 Å². The first-order valence-electron chi connectivity index (χ1n) is 7.56. The van der Waals surface area contributed by atoms with Crippen LogP contribution in [0, 0.1) is 0 Å². The Hall–Kier alpha value is -2.21. The smallest absolute Gasteiger partial charge is 0.255 e. The molecule has 6 heteroatoms. The fraction of sp³-hybridized carbons (Fsp3) is 0.438. The molecule has 3 N–H and O–H groups in total. The summed E-state index contributed by atoms with van der Waals surface area (Å²) < 4.78 is 0. The minimum absolute atomic E-state index is 0.155. The SMILES string of the molecule is CC.NCc1ccc2c(c1)CN(C1CCC(=O)NC1=O)C2=O. The third-order valence-electron chi connectivity index (χ3n) is 3.82. The molecule has 1 fully saturated rings. The van der Waals surface area contributed by atoms with Crippen LogP contribution in [0.15, 0.2) is 18.2 Å². The van der Waals surface area contributed by atoms with Crippen LogP contribution in [-0.4, -0.2) is 28.7 Å². The van der Waals surface area contributed by atoms with Crippen molar-refractivity contribution < 1.29 is 14.4 Å². The number of amides is 3. The van der Waals surface area contributed by atoms with Crippen LogP contribution in [0.5, 0.6) is 0 Å². The number of benzene rings is 1. The van der Waals surface area contributed by atoms with Crippen LogP contribution in [0.3, 0.4) is 0 Å². The Labute approximate surface area is 129 Å². The highest BCUT2D eigenvalue weighted by Crippen LogP contribution is 2.28. The zero-order valence-corrected chi connectivity index (χ0v) is 12.9. The van der Waals surface area contributed by atoms with Crippen molar-refractivity contribution in [2.24, 2.45) is 5.73 Å². The fourth-order valence-corrected chi connectivity index (χ4v) is 2.75.